The minimum absolute atomic E-state index is 0.106. The summed E-state index contributed by atoms with van der Waals surface area (Å²) in [5.41, 5.74) is 1.30. The van der Waals surface area contributed by atoms with Crippen LogP contribution in [0.1, 0.15) is 62.5 Å². The van der Waals surface area contributed by atoms with Gasteiger partial charge in [0.05, 0.1) is 0 Å². The molecule has 8 heteroatoms. The molecule has 2 N–H and O–H groups in total. The topological polar surface area (TPSA) is 115 Å². The normalized spacial score (nSPS) is 16.6. The minimum atomic E-state index is -0.359. The van der Waals surface area contributed by atoms with Gasteiger partial charge in [0.2, 0.25) is 22.7 Å². The highest BCUT2D eigenvalue weighted by Gasteiger charge is 2.22. The lowest BCUT2D eigenvalue weighted by atomic mass is 9.90. The van der Waals surface area contributed by atoms with Gasteiger partial charge in [-0.15, -0.1) is 0 Å². The third-order valence-electron chi connectivity index (χ3n) is 7.03. The second kappa shape index (κ2) is 12.3. The first-order valence-electron chi connectivity index (χ1n) is 12.3. The number of nitrogens with zero attached hydrogens (tertiary/aromatic N) is 2. The van der Waals surface area contributed by atoms with Crippen molar-refractivity contribution in [2.45, 2.75) is 51.4 Å². The Morgan fingerprint density at radius 1 is 0.667 bits per heavy atom. The molecule has 36 heavy (non-hydrogen) atoms. The fourth-order valence-electron chi connectivity index (χ4n) is 4.76. The molecule has 4 rings (SSSR count). The number of aromatic hydroxyl groups is 2. The fourth-order valence-corrected chi connectivity index (χ4v) is 4.76. The Hall–Kier alpha value is -3.68. The lowest BCUT2D eigenvalue weighted by Gasteiger charge is -2.31. The van der Waals surface area contributed by atoms with Crippen LogP contribution in [-0.2, 0) is 9.59 Å². The first-order chi connectivity index (χ1) is 17.2. The zero-order chi connectivity index (χ0) is 26.2. The van der Waals surface area contributed by atoms with E-state index in [0.717, 1.165) is 63.0 Å². The molecule has 0 unspecified atom stereocenters. The van der Waals surface area contributed by atoms with Crippen molar-refractivity contribution in [3.8, 4) is 11.5 Å². The van der Waals surface area contributed by atoms with Crippen molar-refractivity contribution in [2.75, 3.05) is 26.2 Å². The van der Waals surface area contributed by atoms with E-state index in [-0.39, 0.29) is 34.2 Å². The van der Waals surface area contributed by atoms with E-state index in [0.29, 0.717) is 11.8 Å². The molecule has 0 bridgehead atoms. The molecule has 2 amide bonds. The molecule has 2 heterocycles. The Labute approximate surface area is 210 Å². The maximum absolute atomic E-state index is 11.5. The lowest BCUT2D eigenvalue weighted by molar-refractivity contribution is -0.130. The summed E-state index contributed by atoms with van der Waals surface area (Å²) in [6, 6.07) is 12.9. The average Bonchev–Trinajstić information content (AvgIpc) is 3.15. The van der Waals surface area contributed by atoms with E-state index in [1.165, 1.54) is 24.3 Å². The van der Waals surface area contributed by atoms with Gasteiger partial charge in [0.25, 0.3) is 0 Å². The standard InChI is InChI=1S/2C14H17NO3/c1-10(16)15-8-6-12(7-9-15)11-2-4-13(17)14(18)5-3-11;1-10(16)15-7-5-11(6-8-15)12-3-2-4-13(17)14(18)9-12/h2-5,12H,6-9H2,1H3,(H,17,18);2-4,9,11H,5-8H2,1H3,(H,17,18). The summed E-state index contributed by atoms with van der Waals surface area (Å²) < 4.78 is 0. The quantitative estimate of drug-likeness (QED) is 0.663. The first kappa shape index (κ1) is 26.9. The van der Waals surface area contributed by atoms with E-state index >= 15 is 0 Å². The Bertz CT molecular complexity index is 1200. The van der Waals surface area contributed by atoms with Crippen LogP contribution in [0.3, 0.4) is 0 Å². The molecular formula is C28H34N2O6. The zero-order valence-electron chi connectivity index (χ0n) is 20.9. The van der Waals surface area contributed by atoms with Gasteiger partial charge in [-0.1, -0.05) is 24.3 Å². The Balaban J connectivity index is 0.000000201. The van der Waals surface area contributed by atoms with Crippen LogP contribution < -0.4 is 10.9 Å². The Morgan fingerprint density at radius 2 is 1.14 bits per heavy atom. The number of rotatable bonds is 2. The number of piperidine rings is 2. The van der Waals surface area contributed by atoms with E-state index in [1.807, 2.05) is 15.9 Å². The third-order valence-corrected chi connectivity index (χ3v) is 7.03. The molecule has 0 spiro atoms. The molecule has 0 radical (unpaired) electrons. The molecule has 0 saturated carbocycles. The number of carbonyl (C=O) groups excluding carboxylic acids is 2. The SMILES string of the molecule is CC(=O)N1CCC(c2ccc(O)c(=O)cc2)CC1.CC(=O)N1CCC(c2cccc(O)c(=O)c2)CC1. The van der Waals surface area contributed by atoms with Gasteiger partial charge in [-0.25, -0.2) is 0 Å². The predicted octanol–water partition coefficient (Wildman–Crippen LogP) is 2.96. The molecule has 192 valence electrons. The Kier molecular flexibility index (Phi) is 9.22. The highest BCUT2D eigenvalue weighted by atomic mass is 16.3. The number of hydrogen-bond acceptors (Lipinski definition) is 6. The zero-order valence-corrected chi connectivity index (χ0v) is 20.9. The van der Waals surface area contributed by atoms with Crippen molar-refractivity contribution >= 4 is 11.8 Å². The van der Waals surface area contributed by atoms with E-state index in [4.69, 9.17) is 0 Å². The largest absolute Gasteiger partial charge is 0.504 e. The van der Waals surface area contributed by atoms with Crippen LogP contribution in [0.5, 0.6) is 11.5 Å². The number of carbonyl (C=O) groups is 2. The summed E-state index contributed by atoms with van der Waals surface area (Å²) in [4.78, 5) is 49.0. The van der Waals surface area contributed by atoms with Crippen LogP contribution in [0.4, 0.5) is 0 Å². The average molecular weight is 495 g/mol. The van der Waals surface area contributed by atoms with E-state index in [1.54, 1.807) is 32.0 Å². The second-order valence-corrected chi connectivity index (χ2v) is 9.40. The van der Waals surface area contributed by atoms with Crippen molar-refractivity contribution in [1.29, 1.82) is 0 Å². The van der Waals surface area contributed by atoms with Crippen molar-refractivity contribution in [1.82, 2.24) is 9.80 Å². The van der Waals surface area contributed by atoms with Crippen molar-refractivity contribution in [2.24, 2.45) is 0 Å². The molecule has 0 aromatic heterocycles. The molecule has 2 saturated heterocycles. The third kappa shape index (κ3) is 7.16. The molecule has 0 atom stereocenters. The summed E-state index contributed by atoms with van der Waals surface area (Å²) in [6.45, 7) is 6.16. The lowest BCUT2D eigenvalue weighted by Crippen LogP contribution is -2.36. The number of likely N-dealkylation sites (tertiary alicyclic amines) is 2. The molecule has 2 aromatic carbocycles. The van der Waals surface area contributed by atoms with Gasteiger partial charge in [0.15, 0.2) is 11.5 Å². The molecule has 8 nitrogen and oxygen atoms in total. The van der Waals surface area contributed by atoms with Gasteiger partial charge < -0.3 is 20.0 Å². The molecule has 2 aliphatic rings. The van der Waals surface area contributed by atoms with E-state index in [9.17, 15) is 29.4 Å². The highest BCUT2D eigenvalue weighted by molar-refractivity contribution is 5.73. The van der Waals surface area contributed by atoms with Gasteiger partial charge in [-0.3, -0.25) is 19.2 Å². The van der Waals surface area contributed by atoms with Crippen LogP contribution in [0.15, 0.2) is 58.1 Å². The monoisotopic (exact) mass is 494 g/mol. The van der Waals surface area contributed by atoms with Crippen molar-refractivity contribution < 1.29 is 19.8 Å². The van der Waals surface area contributed by atoms with Gasteiger partial charge in [-0.05, 0) is 72.9 Å². The van der Waals surface area contributed by atoms with Crippen LogP contribution in [0, 0.1) is 0 Å². The van der Waals surface area contributed by atoms with Gasteiger partial charge in [-0.2, -0.15) is 0 Å². The summed E-state index contributed by atoms with van der Waals surface area (Å²) in [6.07, 6.45) is 3.53. The van der Waals surface area contributed by atoms with Gasteiger partial charge in [0.1, 0.15) is 0 Å². The van der Waals surface area contributed by atoms with Crippen LogP contribution >= 0.6 is 0 Å². The van der Waals surface area contributed by atoms with Gasteiger partial charge in [0, 0.05) is 40.0 Å². The van der Waals surface area contributed by atoms with E-state index < -0.39 is 0 Å². The van der Waals surface area contributed by atoms with E-state index in [2.05, 4.69) is 0 Å². The summed E-state index contributed by atoms with van der Waals surface area (Å²) in [5, 5.41) is 18.7. The smallest absolute Gasteiger partial charge is 0.220 e. The molecule has 2 aliphatic heterocycles. The highest BCUT2D eigenvalue weighted by Crippen LogP contribution is 2.28. The predicted molar refractivity (Wildman–Crippen MR) is 137 cm³/mol. The van der Waals surface area contributed by atoms with Crippen molar-refractivity contribution in [3.63, 3.8) is 0 Å². The maximum atomic E-state index is 11.5. The molecule has 0 aliphatic carbocycles. The molecule has 2 fully saturated rings. The van der Waals surface area contributed by atoms with Crippen LogP contribution in [0.2, 0.25) is 0 Å². The molecule has 2 aromatic rings. The summed E-state index contributed by atoms with van der Waals surface area (Å²) in [5.74, 6) is 0.428. The summed E-state index contributed by atoms with van der Waals surface area (Å²) in [7, 11) is 0. The maximum Gasteiger partial charge on any atom is 0.220 e. The van der Waals surface area contributed by atoms with Crippen LogP contribution in [0.25, 0.3) is 0 Å². The van der Waals surface area contributed by atoms with Gasteiger partial charge >= 0.3 is 0 Å². The molecular weight excluding hydrogens is 460 g/mol. The number of amides is 2. The second-order valence-electron chi connectivity index (χ2n) is 9.40. The van der Waals surface area contributed by atoms with Crippen LogP contribution in [-0.4, -0.2) is 58.0 Å². The first-order valence-corrected chi connectivity index (χ1v) is 12.3. The van der Waals surface area contributed by atoms with Crippen molar-refractivity contribution in [3.05, 3.63) is 80.1 Å². The number of hydrogen-bond donors (Lipinski definition) is 2. The summed E-state index contributed by atoms with van der Waals surface area (Å²) >= 11 is 0. The fraction of sp³-hybridized carbons (Fsp3) is 0.429. The minimum Gasteiger partial charge on any atom is -0.504 e. The Morgan fingerprint density at radius 3 is 1.67 bits per heavy atom.